The molecule has 0 aromatic heterocycles. The van der Waals surface area contributed by atoms with Gasteiger partial charge < -0.3 is 10.1 Å². The monoisotopic (exact) mass is 367 g/mol. The van der Waals surface area contributed by atoms with E-state index in [-0.39, 0.29) is 5.91 Å². The minimum Gasteiger partial charge on any atom is -0.492 e. The standard InChI is InChI=1S/C16H15BrClNO2/c1-3-21-15-7-5-11(18)9-14(15)19-16(20)12-8-10(2)4-6-13(12)17/h4-9H,3H2,1-2H3,(H,19,20). The van der Waals surface area contributed by atoms with E-state index in [1.807, 2.05) is 32.0 Å². The molecule has 0 heterocycles. The van der Waals surface area contributed by atoms with Crippen molar-refractivity contribution >= 4 is 39.1 Å². The molecule has 0 radical (unpaired) electrons. The lowest BCUT2D eigenvalue weighted by Crippen LogP contribution is -2.14. The van der Waals surface area contributed by atoms with E-state index in [1.54, 1.807) is 18.2 Å². The van der Waals surface area contributed by atoms with E-state index in [9.17, 15) is 4.79 Å². The summed E-state index contributed by atoms with van der Waals surface area (Å²) in [4.78, 5) is 12.4. The molecule has 110 valence electrons. The van der Waals surface area contributed by atoms with Crippen molar-refractivity contribution in [1.82, 2.24) is 0 Å². The molecule has 5 heteroatoms. The molecule has 2 rings (SSSR count). The van der Waals surface area contributed by atoms with Crippen LogP contribution in [0.5, 0.6) is 5.75 Å². The van der Waals surface area contributed by atoms with Gasteiger partial charge in [-0.1, -0.05) is 23.2 Å². The second kappa shape index (κ2) is 6.96. The molecule has 0 aliphatic rings. The Labute approximate surface area is 137 Å². The number of hydrogen-bond donors (Lipinski definition) is 1. The fraction of sp³-hybridized carbons (Fsp3) is 0.188. The molecule has 0 aliphatic carbocycles. The molecule has 3 nitrogen and oxygen atoms in total. The molecule has 0 fully saturated rings. The summed E-state index contributed by atoms with van der Waals surface area (Å²) in [5, 5.41) is 3.38. The van der Waals surface area contributed by atoms with Crippen LogP contribution >= 0.6 is 27.5 Å². The first-order chi connectivity index (χ1) is 10.0. The molecule has 1 amide bonds. The van der Waals surface area contributed by atoms with E-state index in [1.165, 1.54) is 0 Å². The SMILES string of the molecule is CCOc1ccc(Cl)cc1NC(=O)c1cc(C)ccc1Br. The van der Waals surface area contributed by atoms with Crippen molar-refractivity contribution in [2.75, 3.05) is 11.9 Å². The number of hydrogen-bond acceptors (Lipinski definition) is 2. The lowest BCUT2D eigenvalue weighted by Gasteiger charge is -2.13. The van der Waals surface area contributed by atoms with Crippen LogP contribution in [0.4, 0.5) is 5.69 Å². The predicted octanol–water partition coefficient (Wildman–Crippen LogP) is 5.06. The Bertz CT molecular complexity index is 673. The number of aryl methyl sites for hydroxylation is 1. The molecular weight excluding hydrogens is 354 g/mol. The van der Waals surface area contributed by atoms with E-state index < -0.39 is 0 Å². The van der Waals surface area contributed by atoms with Gasteiger partial charge in [-0.15, -0.1) is 0 Å². The highest BCUT2D eigenvalue weighted by molar-refractivity contribution is 9.10. The molecule has 0 unspecified atom stereocenters. The molecule has 2 aromatic rings. The first kappa shape index (κ1) is 15.9. The van der Waals surface area contributed by atoms with Crippen molar-refractivity contribution in [3.05, 3.63) is 57.0 Å². The molecular formula is C16H15BrClNO2. The lowest BCUT2D eigenvalue weighted by molar-refractivity contribution is 0.102. The van der Waals surface area contributed by atoms with Crippen LogP contribution in [0.25, 0.3) is 0 Å². The molecule has 0 atom stereocenters. The Kier molecular flexibility index (Phi) is 5.26. The van der Waals surface area contributed by atoms with Crippen molar-refractivity contribution < 1.29 is 9.53 Å². The summed E-state index contributed by atoms with van der Waals surface area (Å²) in [6, 6.07) is 10.8. The fourth-order valence-electron chi connectivity index (χ4n) is 1.88. The van der Waals surface area contributed by atoms with Gasteiger partial charge in [0.2, 0.25) is 0 Å². The maximum atomic E-state index is 12.4. The summed E-state index contributed by atoms with van der Waals surface area (Å²) in [5.41, 5.74) is 2.14. The van der Waals surface area contributed by atoms with Crippen LogP contribution in [0.1, 0.15) is 22.8 Å². The van der Waals surface area contributed by atoms with Gasteiger partial charge in [-0.2, -0.15) is 0 Å². The summed E-state index contributed by atoms with van der Waals surface area (Å²) >= 11 is 9.38. The first-order valence-electron chi connectivity index (χ1n) is 6.51. The second-order valence-corrected chi connectivity index (χ2v) is 5.80. The molecule has 0 spiro atoms. The van der Waals surface area contributed by atoms with Crippen molar-refractivity contribution in [3.8, 4) is 5.75 Å². The Morgan fingerprint density at radius 1 is 1.29 bits per heavy atom. The normalized spacial score (nSPS) is 10.3. The number of amides is 1. The van der Waals surface area contributed by atoms with E-state index in [2.05, 4.69) is 21.2 Å². The molecule has 0 saturated carbocycles. The zero-order valence-electron chi connectivity index (χ0n) is 11.7. The van der Waals surface area contributed by atoms with Crippen LogP contribution in [0, 0.1) is 6.92 Å². The molecule has 1 N–H and O–H groups in total. The third kappa shape index (κ3) is 3.99. The smallest absolute Gasteiger partial charge is 0.256 e. The summed E-state index contributed by atoms with van der Waals surface area (Å²) in [5.74, 6) is 0.382. The summed E-state index contributed by atoms with van der Waals surface area (Å²) in [7, 11) is 0. The number of halogens is 2. The summed E-state index contributed by atoms with van der Waals surface area (Å²) in [6.45, 7) is 4.34. The van der Waals surface area contributed by atoms with E-state index in [0.29, 0.717) is 28.6 Å². The molecule has 0 aliphatic heterocycles. The van der Waals surface area contributed by atoms with Crippen molar-refractivity contribution in [2.24, 2.45) is 0 Å². The third-order valence-electron chi connectivity index (χ3n) is 2.86. The lowest BCUT2D eigenvalue weighted by atomic mass is 10.1. The number of nitrogens with one attached hydrogen (secondary N) is 1. The number of benzene rings is 2. The zero-order valence-corrected chi connectivity index (χ0v) is 14.1. The third-order valence-corrected chi connectivity index (χ3v) is 3.78. The fourth-order valence-corrected chi connectivity index (χ4v) is 2.48. The van der Waals surface area contributed by atoms with Crippen LogP contribution in [-0.4, -0.2) is 12.5 Å². The summed E-state index contributed by atoms with van der Waals surface area (Å²) in [6.07, 6.45) is 0. The van der Waals surface area contributed by atoms with Gasteiger partial charge in [-0.3, -0.25) is 4.79 Å². The minimum atomic E-state index is -0.214. The molecule has 2 aromatic carbocycles. The predicted molar refractivity (Wildman–Crippen MR) is 89.5 cm³/mol. The zero-order chi connectivity index (χ0) is 15.4. The number of ether oxygens (including phenoxy) is 1. The second-order valence-electron chi connectivity index (χ2n) is 4.51. The van der Waals surface area contributed by atoms with E-state index in [0.717, 1.165) is 10.0 Å². The Hall–Kier alpha value is -1.52. The highest BCUT2D eigenvalue weighted by Crippen LogP contribution is 2.29. The van der Waals surface area contributed by atoms with Gasteiger partial charge in [0, 0.05) is 9.50 Å². The van der Waals surface area contributed by atoms with Gasteiger partial charge >= 0.3 is 0 Å². The topological polar surface area (TPSA) is 38.3 Å². The Balaban J connectivity index is 2.31. The van der Waals surface area contributed by atoms with Gasteiger partial charge in [0.25, 0.3) is 5.91 Å². The van der Waals surface area contributed by atoms with Crippen LogP contribution in [0.2, 0.25) is 5.02 Å². The van der Waals surface area contributed by atoms with Crippen molar-refractivity contribution in [1.29, 1.82) is 0 Å². The average molecular weight is 369 g/mol. The summed E-state index contributed by atoms with van der Waals surface area (Å²) < 4.78 is 6.24. The Morgan fingerprint density at radius 3 is 2.76 bits per heavy atom. The minimum absolute atomic E-state index is 0.214. The first-order valence-corrected chi connectivity index (χ1v) is 7.68. The van der Waals surface area contributed by atoms with Crippen molar-refractivity contribution in [2.45, 2.75) is 13.8 Å². The van der Waals surface area contributed by atoms with E-state index >= 15 is 0 Å². The highest BCUT2D eigenvalue weighted by Gasteiger charge is 2.13. The quantitative estimate of drug-likeness (QED) is 0.819. The number of carbonyl (C=O) groups excluding carboxylic acids is 1. The van der Waals surface area contributed by atoms with E-state index in [4.69, 9.17) is 16.3 Å². The van der Waals surface area contributed by atoms with Crippen LogP contribution in [0.15, 0.2) is 40.9 Å². The van der Waals surface area contributed by atoms with Crippen molar-refractivity contribution in [3.63, 3.8) is 0 Å². The maximum Gasteiger partial charge on any atom is 0.256 e. The van der Waals surface area contributed by atoms with Crippen LogP contribution < -0.4 is 10.1 Å². The van der Waals surface area contributed by atoms with Gasteiger partial charge in [0.15, 0.2) is 0 Å². The average Bonchev–Trinajstić information content (AvgIpc) is 2.44. The Morgan fingerprint density at radius 2 is 2.05 bits per heavy atom. The van der Waals surface area contributed by atoms with Gasteiger partial charge in [0.05, 0.1) is 17.9 Å². The van der Waals surface area contributed by atoms with Crippen LogP contribution in [-0.2, 0) is 0 Å². The van der Waals surface area contributed by atoms with Gasteiger partial charge in [-0.25, -0.2) is 0 Å². The van der Waals surface area contributed by atoms with Gasteiger partial charge in [0.1, 0.15) is 5.75 Å². The largest absolute Gasteiger partial charge is 0.492 e. The molecule has 0 saturated heterocycles. The molecule has 0 bridgehead atoms. The number of rotatable bonds is 4. The number of anilines is 1. The van der Waals surface area contributed by atoms with Crippen LogP contribution in [0.3, 0.4) is 0 Å². The van der Waals surface area contributed by atoms with Gasteiger partial charge in [-0.05, 0) is 60.1 Å². The highest BCUT2D eigenvalue weighted by atomic mass is 79.9. The number of carbonyl (C=O) groups is 1. The molecule has 21 heavy (non-hydrogen) atoms. The maximum absolute atomic E-state index is 12.4.